The molecule has 0 aromatic heterocycles. The summed E-state index contributed by atoms with van der Waals surface area (Å²) in [6.07, 6.45) is 4.19. The van der Waals surface area contributed by atoms with E-state index in [4.69, 9.17) is 0 Å². The molecule has 30 heavy (non-hydrogen) atoms. The van der Waals surface area contributed by atoms with Crippen molar-refractivity contribution < 1.29 is 19.2 Å². The van der Waals surface area contributed by atoms with Gasteiger partial charge in [0.1, 0.15) is 18.1 Å². The summed E-state index contributed by atoms with van der Waals surface area (Å²) in [7, 11) is 3.08. The molecule has 0 aliphatic carbocycles. The van der Waals surface area contributed by atoms with Crippen LogP contribution in [0.15, 0.2) is 42.5 Å². The van der Waals surface area contributed by atoms with Crippen molar-refractivity contribution in [2.75, 3.05) is 20.6 Å². The van der Waals surface area contributed by atoms with Gasteiger partial charge in [-0.2, -0.15) is 0 Å². The Hall–Kier alpha value is -3.16. The van der Waals surface area contributed by atoms with E-state index < -0.39 is 18.1 Å². The molecule has 1 heterocycles. The maximum atomic E-state index is 13.3. The molecule has 2 rings (SSSR count). The first-order valence-corrected chi connectivity index (χ1v) is 10.0. The van der Waals surface area contributed by atoms with Crippen LogP contribution >= 0.6 is 0 Å². The highest BCUT2D eigenvalue weighted by molar-refractivity contribution is 5.94. The Kier molecular flexibility index (Phi) is 8.15. The van der Waals surface area contributed by atoms with Crippen molar-refractivity contribution in [3.8, 4) is 0 Å². The zero-order valence-corrected chi connectivity index (χ0v) is 17.9. The molecule has 3 unspecified atom stereocenters. The maximum absolute atomic E-state index is 13.3. The number of nitrogens with zero attached hydrogens (tertiary/aromatic N) is 2. The van der Waals surface area contributed by atoms with E-state index >= 15 is 0 Å². The van der Waals surface area contributed by atoms with Gasteiger partial charge in [0, 0.05) is 34.0 Å². The molecule has 8 nitrogen and oxygen atoms in total. The van der Waals surface area contributed by atoms with E-state index in [1.165, 1.54) is 23.8 Å². The number of benzene rings is 1. The van der Waals surface area contributed by atoms with Gasteiger partial charge >= 0.3 is 0 Å². The number of nitrogens with one attached hydrogen (secondary N) is 2. The first kappa shape index (κ1) is 23.1. The molecule has 4 amide bonds. The molecule has 0 radical (unpaired) electrons. The molecule has 8 heteroatoms. The van der Waals surface area contributed by atoms with Gasteiger partial charge in [0.15, 0.2) is 0 Å². The van der Waals surface area contributed by atoms with Gasteiger partial charge in [-0.05, 0) is 18.9 Å². The SMILES string of the molecule is CNC(=O)C(Cc1ccccc1)N1C/C=C\CC(NC(C)=O)C(=O)N(C)C(C)C1=O. The standard InChI is InChI=1S/C22H30N4O4/c1-15-21(29)26(19(20(28)23-3)14-17-10-6-5-7-11-17)13-9-8-12-18(24-16(2)27)22(30)25(15)4/h5-11,15,18-19H,12-14H2,1-4H3,(H,23,28)(H,24,27)/b9-8-. The fraction of sp³-hybridized carbons (Fsp3) is 0.455. The number of hydrogen-bond acceptors (Lipinski definition) is 4. The Morgan fingerprint density at radius 2 is 1.80 bits per heavy atom. The molecule has 0 saturated carbocycles. The third kappa shape index (κ3) is 5.68. The van der Waals surface area contributed by atoms with Crippen LogP contribution in [0.3, 0.4) is 0 Å². The smallest absolute Gasteiger partial charge is 0.246 e. The predicted molar refractivity (Wildman–Crippen MR) is 113 cm³/mol. The molecule has 1 aromatic carbocycles. The van der Waals surface area contributed by atoms with Crippen LogP contribution in [-0.2, 0) is 25.6 Å². The molecular weight excluding hydrogens is 384 g/mol. The lowest BCUT2D eigenvalue weighted by molar-refractivity contribution is -0.148. The minimum Gasteiger partial charge on any atom is -0.357 e. The predicted octanol–water partition coefficient (Wildman–Crippen LogP) is 0.484. The van der Waals surface area contributed by atoms with E-state index in [1.807, 2.05) is 30.3 Å². The molecule has 0 spiro atoms. The van der Waals surface area contributed by atoms with Crippen LogP contribution in [0.4, 0.5) is 0 Å². The van der Waals surface area contributed by atoms with E-state index in [0.29, 0.717) is 12.8 Å². The third-order valence-electron chi connectivity index (χ3n) is 5.28. The van der Waals surface area contributed by atoms with Crippen LogP contribution < -0.4 is 10.6 Å². The van der Waals surface area contributed by atoms with E-state index in [0.717, 1.165) is 5.56 Å². The highest BCUT2D eigenvalue weighted by atomic mass is 16.2. The lowest BCUT2D eigenvalue weighted by atomic mass is 10.0. The van der Waals surface area contributed by atoms with Crippen molar-refractivity contribution in [1.82, 2.24) is 20.4 Å². The molecule has 0 bridgehead atoms. The summed E-state index contributed by atoms with van der Waals surface area (Å²) in [5.74, 6) is -1.26. The van der Waals surface area contributed by atoms with Crippen molar-refractivity contribution in [3.63, 3.8) is 0 Å². The molecule has 3 atom stereocenters. The van der Waals surface area contributed by atoms with Crippen LogP contribution in [0, 0.1) is 0 Å². The summed E-state index contributed by atoms with van der Waals surface area (Å²) in [5, 5.41) is 5.28. The number of amides is 4. The topological polar surface area (TPSA) is 98.8 Å². The Labute approximate surface area is 177 Å². The monoisotopic (exact) mass is 414 g/mol. The minimum absolute atomic E-state index is 0.225. The highest BCUT2D eigenvalue weighted by Gasteiger charge is 2.36. The van der Waals surface area contributed by atoms with Crippen LogP contribution in [0.1, 0.15) is 25.8 Å². The van der Waals surface area contributed by atoms with Crippen molar-refractivity contribution in [1.29, 1.82) is 0 Å². The minimum atomic E-state index is -0.789. The fourth-order valence-corrected chi connectivity index (χ4v) is 3.45. The summed E-state index contributed by atoms with van der Waals surface area (Å²) < 4.78 is 0. The number of carbonyl (C=O) groups excluding carboxylic acids is 4. The van der Waals surface area contributed by atoms with Crippen molar-refractivity contribution >= 4 is 23.6 Å². The number of carbonyl (C=O) groups is 4. The average molecular weight is 415 g/mol. The van der Waals surface area contributed by atoms with E-state index in [2.05, 4.69) is 10.6 Å². The Morgan fingerprint density at radius 3 is 2.40 bits per heavy atom. The van der Waals surface area contributed by atoms with Crippen LogP contribution in [0.25, 0.3) is 0 Å². The molecular formula is C22H30N4O4. The van der Waals surface area contributed by atoms with Crippen molar-refractivity contribution in [2.45, 2.75) is 44.8 Å². The zero-order valence-electron chi connectivity index (χ0n) is 17.9. The third-order valence-corrected chi connectivity index (χ3v) is 5.28. The number of rotatable bonds is 5. The van der Waals surface area contributed by atoms with Crippen LogP contribution in [-0.4, -0.2) is 72.2 Å². The molecule has 1 aliphatic heterocycles. The normalized spacial score (nSPS) is 22.3. The van der Waals surface area contributed by atoms with Gasteiger partial charge in [-0.3, -0.25) is 19.2 Å². The van der Waals surface area contributed by atoms with Gasteiger partial charge in [-0.1, -0.05) is 42.5 Å². The highest BCUT2D eigenvalue weighted by Crippen LogP contribution is 2.16. The van der Waals surface area contributed by atoms with Gasteiger partial charge in [0.2, 0.25) is 23.6 Å². The molecule has 1 aromatic rings. The summed E-state index contributed by atoms with van der Waals surface area (Å²) in [6, 6.07) is 7.25. The first-order valence-electron chi connectivity index (χ1n) is 10.0. The molecule has 2 N–H and O–H groups in total. The fourth-order valence-electron chi connectivity index (χ4n) is 3.45. The molecule has 1 aliphatic rings. The van der Waals surface area contributed by atoms with Gasteiger partial charge in [0.05, 0.1) is 0 Å². The Balaban J connectivity index is 2.36. The molecule has 0 fully saturated rings. The summed E-state index contributed by atoms with van der Waals surface area (Å²) in [6.45, 7) is 3.21. The Bertz CT molecular complexity index is 809. The quantitative estimate of drug-likeness (QED) is 0.685. The van der Waals surface area contributed by atoms with Gasteiger partial charge < -0.3 is 20.4 Å². The maximum Gasteiger partial charge on any atom is 0.246 e. The lowest BCUT2D eigenvalue weighted by Gasteiger charge is -2.36. The van der Waals surface area contributed by atoms with Gasteiger partial charge in [0.25, 0.3) is 0 Å². The van der Waals surface area contributed by atoms with Crippen molar-refractivity contribution in [2.24, 2.45) is 0 Å². The van der Waals surface area contributed by atoms with Gasteiger partial charge in [-0.15, -0.1) is 0 Å². The van der Waals surface area contributed by atoms with E-state index in [-0.39, 0.29) is 30.2 Å². The zero-order chi connectivity index (χ0) is 22.3. The van der Waals surface area contributed by atoms with E-state index in [9.17, 15) is 19.2 Å². The Morgan fingerprint density at radius 1 is 1.13 bits per heavy atom. The van der Waals surface area contributed by atoms with Crippen LogP contribution in [0.2, 0.25) is 0 Å². The second-order valence-electron chi connectivity index (χ2n) is 7.40. The number of likely N-dealkylation sites (N-methyl/N-ethyl adjacent to an activating group) is 2. The second kappa shape index (κ2) is 10.6. The average Bonchev–Trinajstić information content (AvgIpc) is 2.74. The second-order valence-corrected chi connectivity index (χ2v) is 7.40. The lowest BCUT2D eigenvalue weighted by Crippen LogP contribution is -2.58. The molecule has 0 saturated heterocycles. The van der Waals surface area contributed by atoms with Crippen molar-refractivity contribution in [3.05, 3.63) is 48.0 Å². The number of hydrogen-bond donors (Lipinski definition) is 2. The first-order chi connectivity index (χ1) is 14.3. The largest absolute Gasteiger partial charge is 0.357 e. The summed E-state index contributed by atoms with van der Waals surface area (Å²) >= 11 is 0. The van der Waals surface area contributed by atoms with Crippen LogP contribution in [0.5, 0.6) is 0 Å². The summed E-state index contributed by atoms with van der Waals surface area (Å²) in [5.41, 5.74) is 0.933. The van der Waals surface area contributed by atoms with E-state index in [1.54, 1.807) is 26.1 Å². The summed E-state index contributed by atoms with van der Waals surface area (Å²) in [4.78, 5) is 53.2. The van der Waals surface area contributed by atoms with Gasteiger partial charge in [-0.25, -0.2) is 0 Å². The molecule has 162 valence electrons.